The van der Waals surface area contributed by atoms with Crippen molar-refractivity contribution in [3.8, 4) is 0 Å². The topological polar surface area (TPSA) is 29.1 Å². The van der Waals surface area contributed by atoms with Gasteiger partial charge in [-0.15, -0.1) is 11.6 Å². The van der Waals surface area contributed by atoms with Crippen molar-refractivity contribution in [1.29, 1.82) is 0 Å². The summed E-state index contributed by atoms with van der Waals surface area (Å²) in [5, 5.41) is 9.62. The molecule has 0 rings (SSSR count). The van der Waals surface area contributed by atoms with Gasteiger partial charge in [0.05, 0.1) is 12.0 Å². The van der Waals surface area contributed by atoms with Crippen molar-refractivity contribution < 1.29 is 9.84 Å². The van der Waals surface area contributed by atoms with Gasteiger partial charge in [-0.2, -0.15) is 0 Å². The lowest BCUT2D eigenvalue weighted by molar-refractivity contribution is 0.0817. The second-order valence-corrected chi connectivity index (χ2v) is 3.02. The molecule has 0 aliphatic heterocycles. The van der Waals surface area contributed by atoms with Crippen LogP contribution in [0.2, 0.25) is 0 Å². The smallest absolute Gasteiger partial charge is 0.131 e. The first kappa shape index (κ1) is 10.5. The summed E-state index contributed by atoms with van der Waals surface area (Å²) in [5.41, 5.74) is -0.312. The predicted octanol–water partition coefficient (Wildman–Crippen LogP) is 2.02. The molecule has 0 heterocycles. The van der Waals surface area contributed by atoms with Crippen molar-refractivity contribution in [2.24, 2.45) is 0 Å². The van der Waals surface area contributed by atoms with Gasteiger partial charge in [0.2, 0.25) is 0 Å². The third kappa shape index (κ3) is 5.30. The minimum Gasteiger partial charge on any atom is -0.361 e. The fourth-order valence-electron chi connectivity index (χ4n) is 0.375. The van der Waals surface area contributed by atoms with Crippen molar-refractivity contribution >= 4 is 23.2 Å². The molecule has 1 radical (unpaired) electrons. The Bertz CT molecular complexity index is 70.1. The lowest BCUT2D eigenvalue weighted by atomic mass is 10.5. The summed E-state index contributed by atoms with van der Waals surface area (Å²) in [6.07, 6.45) is 0.726. The van der Waals surface area contributed by atoms with Gasteiger partial charge < -0.3 is 4.74 Å². The van der Waals surface area contributed by atoms with Gasteiger partial charge >= 0.3 is 0 Å². The second kappa shape index (κ2) is 6.23. The Hall–Kier alpha value is 0.500. The highest BCUT2D eigenvalue weighted by molar-refractivity contribution is 6.21. The minimum absolute atomic E-state index is 0.243. The highest BCUT2D eigenvalue weighted by Crippen LogP contribution is 2.05. The van der Waals surface area contributed by atoms with E-state index in [-0.39, 0.29) is 18.8 Å². The van der Waals surface area contributed by atoms with Gasteiger partial charge in [-0.3, -0.25) is 0 Å². The maximum Gasteiger partial charge on any atom is 0.131 e. The molecule has 0 saturated heterocycles. The molecule has 0 saturated carbocycles. The van der Waals surface area contributed by atoms with E-state index in [4.69, 9.17) is 27.9 Å². The first-order valence-electron chi connectivity index (χ1n) is 3.18. The summed E-state index contributed by atoms with van der Waals surface area (Å²) in [5.74, 6) is 0. The van der Waals surface area contributed by atoms with Crippen LogP contribution in [0.5, 0.6) is 0 Å². The lowest BCUT2D eigenvalue weighted by Gasteiger charge is -2.09. The molecular formula is C6H11Cl2O2. The molecule has 2 nitrogen and oxygen atoms in total. The van der Waals surface area contributed by atoms with Crippen LogP contribution in [-0.4, -0.2) is 24.2 Å². The zero-order valence-electron chi connectivity index (χ0n) is 5.85. The van der Waals surface area contributed by atoms with Gasteiger partial charge in [0.25, 0.3) is 0 Å². The van der Waals surface area contributed by atoms with E-state index in [1.807, 2.05) is 6.92 Å². The van der Waals surface area contributed by atoms with Crippen LogP contribution in [0, 0.1) is 0 Å². The summed E-state index contributed by atoms with van der Waals surface area (Å²) in [6, 6.07) is 0. The normalized spacial score (nSPS) is 16.8. The molecule has 0 aliphatic carbocycles. The summed E-state index contributed by atoms with van der Waals surface area (Å²) in [4.78, 5) is 0. The molecule has 0 aromatic carbocycles. The lowest BCUT2D eigenvalue weighted by Crippen LogP contribution is -2.16. The van der Waals surface area contributed by atoms with Crippen LogP contribution >= 0.6 is 23.2 Å². The molecule has 0 bridgehead atoms. The number of rotatable bonds is 5. The van der Waals surface area contributed by atoms with Crippen molar-refractivity contribution in [3.63, 3.8) is 0 Å². The molecule has 2 unspecified atom stereocenters. The van der Waals surface area contributed by atoms with Crippen molar-refractivity contribution in [1.82, 2.24) is 0 Å². The second-order valence-electron chi connectivity index (χ2n) is 1.92. The fourth-order valence-corrected chi connectivity index (χ4v) is 0.520. The van der Waals surface area contributed by atoms with Gasteiger partial charge in [-0.25, -0.2) is 5.11 Å². The molecule has 0 aliphatic rings. The maximum absolute atomic E-state index is 10.1. The van der Waals surface area contributed by atoms with Gasteiger partial charge in [0.1, 0.15) is 12.2 Å². The Balaban J connectivity index is 3.17. The summed E-state index contributed by atoms with van der Waals surface area (Å²) in [7, 11) is 0. The van der Waals surface area contributed by atoms with Gasteiger partial charge in [0.15, 0.2) is 0 Å². The summed E-state index contributed by atoms with van der Waals surface area (Å²) in [6.45, 7) is 1.82. The van der Waals surface area contributed by atoms with E-state index in [9.17, 15) is 5.11 Å². The molecule has 61 valence electrons. The quantitative estimate of drug-likeness (QED) is 0.603. The van der Waals surface area contributed by atoms with E-state index < -0.39 is 5.38 Å². The largest absolute Gasteiger partial charge is 0.361 e. The van der Waals surface area contributed by atoms with E-state index in [0.717, 1.165) is 6.42 Å². The first-order chi connectivity index (χ1) is 4.70. The highest BCUT2D eigenvalue weighted by atomic mass is 35.5. The van der Waals surface area contributed by atoms with Crippen molar-refractivity contribution in [3.05, 3.63) is 0 Å². The molecule has 0 aromatic heterocycles. The first-order valence-corrected chi connectivity index (χ1v) is 4.05. The minimum atomic E-state index is -0.451. The number of hydrogen-bond acceptors (Lipinski definition) is 1. The van der Waals surface area contributed by atoms with Crippen molar-refractivity contribution in [2.45, 2.75) is 24.3 Å². The predicted molar refractivity (Wildman–Crippen MR) is 41.1 cm³/mol. The fraction of sp³-hybridized carbons (Fsp3) is 1.00. The Morgan fingerprint density at radius 1 is 1.50 bits per heavy atom. The monoisotopic (exact) mass is 185 g/mol. The van der Waals surface area contributed by atoms with Crippen LogP contribution in [0.1, 0.15) is 13.3 Å². The summed E-state index contributed by atoms with van der Waals surface area (Å²) >= 11 is 11.1. The average Bonchev–Trinajstić information content (AvgIpc) is 1.99. The molecule has 0 aromatic rings. The van der Waals surface area contributed by atoms with E-state index >= 15 is 0 Å². The van der Waals surface area contributed by atoms with Crippen LogP contribution in [0.3, 0.4) is 0 Å². The van der Waals surface area contributed by atoms with Crippen LogP contribution < -0.4 is 0 Å². The highest BCUT2D eigenvalue weighted by Gasteiger charge is 2.06. The maximum atomic E-state index is 10.1. The number of alkyl halides is 2. The Morgan fingerprint density at radius 3 is 2.50 bits per heavy atom. The van der Waals surface area contributed by atoms with E-state index in [1.54, 1.807) is 0 Å². The molecule has 4 heteroatoms. The van der Waals surface area contributed by atoms with Gasteiger partial charge in [0, 0.05) is 0 Å². The number of halogens is 2. The molecule has 0 N–H and O–H groups in total. The SMILES string of the molecule is CCC(Cl)OCC(Cl)C[O]. The molecular weight excluding hydrogens is 175 g/mol. The Kier molecular flexibility index (Phi) is 6.54. The zero-order chi connectivity index (χ0) is 7.98. The van der Waals surface area contributed by atoms with Gasteiger partial charge in [-0.05, 0) is 6.42 Å². The van der Waals surface area contributed by atoms with Crippen LogP contribution in [0.15, 0.2) is 0 Å². The molecule has 2 atom stereocenters. The van der Waals surface area contributed by atoms with E-state index in [1.165, 1.54) is 0 Å². The Labute approximate surface area is 71.1 Å². The van der Waals surface area contributed by atoms with Gasteiger partial charge in [-0.1, -0.05) is 18.5 Å². The summed E-state index contributed by atoms with van der Waals surface area (Å²) < 4.78 is 4.98. The number of hydrogen-bond donors (Lipinski definition) is 0. The molecule has 10 heavy (non-hydrogen) atoms. The third-order valence-corrected chi connectivity index (χ3v) is 1.65. The van der Waals surface area contributed by atoms with E-state index in [0.29, 0.717) is 0 Å². The standard InChI is InChI=1S/C6H11Cl2O2/c1-2-6(8)10-4-5(7)3-9/h5-6H,2-4H2,1H3. The zero-order valence-corrected chi connectivity index (χ0v) is 7.36. The third-order valence-electron chi connectivity index (χ3n) is 0.960. The van der Waals surface area contributed by atoms with Crippen LogP contribution in [0.25, 0.3) is 0 Å². The molecule has 0 amide bonds. The number of ether oxygens (including phenoxy) is 1. The Morgan fingerprint density at radius 2 is 2.10 bits per heavy atom. The van der Waals surface area contributed by atoms with Crippen LogP contribution in [0.4, 0.5) is 0 Å². The van der Waals surface area contributed by atoms with Crippen LogP contribution in [-0.2, 0) is 9.84 Å². The molecule has 0 spiro atoms. The van der Waals surface area contributed by atoms with Crippen molar-refractivity contribution in [2.75, 3.05) is 13.2 Å². The van der Waals surface area contributed by atoms with E-state index in [2.05, 4.69) is 0 Å². The molecule has 0 fully saturated rings. The average molecular weight is 186 g/mol.